The monoisotopic (exact) mass is 243 g/mol. The highest BCUT2D eigenvalue weighted by atomic mass is 32.2. The molecule has 0 aromatic rings. The van der Waals surface area contributed by atoms with Crippen LogP contribution >= 0.6 is 11.8 Å². The van der Waals surface area contributed by atoms with Crippen LogP contribution in [0.3, 0.4) is 0 Å². The van der Waals surface area contributed by atoms with Crippen LogP contribution in [0.25, 0.3) is 0 Å². The number of thioether (sulfide) groups is 1. The standard InChI is InChI=1S/C13H25NOS/c1-15-9-13(10-3-4-10)14-11-5-7-12(16-2)8-6-11/h10-14H,3-9H2,1-2H3. The van der Waals surface area contributed by atoms with Gasteiger partial charge in [-0.1, -0.05) is 0 Å². The van der Waals surface area contributed by atoms with E-state index >= 15 is 0 Å². The average Bonchev–Trinajstić information content (AvgIpc) is 3.13. The Kier molecular flexibility index (Phi) is 4.98. The summed E-state index contributed by atoms with van der Waals surface area (Å²) in [5, 5.41) is 4.75. The fourth-order valence-electron chi connectivity index (χ4n) is 2.77. The van der Waals surface area contributed by atoms with Crippen molar-refractivity contribution in [3.63, 3.8) is 0 Å². The summed E-state index contributed by atoms with van der Waals surface area (Å²) in [4.78, 5) is 0. The third-order valence-electron chi connectivity index (χ3n) is 3.99. The Morgan fingerprint density at radius 3 is 2.38 bits per heavy atom. The molecule has 0 bridgehead atoms. The molecule has 16 heavy (non-hydrogen) atoms. The maximum atomic E-state index is 5.32. The molecular formula is C13H25NOS. The molecule has 2 fully saturated rings. The fraction of sp³-hybridized carbons (Fsp3) is 1.00. The molecular weight excluding hydrogens is 218 g/mol. The summed E-state index contributed by atoms with van der Waals surface area (Å²) in [6, 6.07) is 1.38. The van der Waals surface area contributed by atoms with E-state index in [1.54, 1.807) is 0 Å². The lowest BCUT2D eigenvalue weighted by atomic mass is 9.94. The number of rotatable bonds is 6. The molecule has 0 aliphatic heterocycles. The van der Waals surface area contributed by atoms with E-state index in [1.165, 1.54) is 38.5 Å². The van der Waals surface area contributed by atoms with Crippen LogP contribution in [-0.2, 0) is 4.74 Å². The van der Waals surface area contributed by atoms with Gasteiger partial charge in [0.2, 0.25) is 0 Å². The Morgan fingerprint density at radius 2 is 1.88 bits per heavy atom. The van der Waals surface area contributed by atoms with Gasteiger partial charge in [0.15, 0.2) is 0 Å². The summed E-state index contributed by atoms with van der Waals surface area (Å²) in [7, 11) is 1.82. The molecule has 2 nitrogen and oxygen atoms in total. The molecule has 1 N–H and O–H groups in total. The molecule has 2 saturated carbocycles. The smallest absolute Gasteiger partial charge is 0.0618 e. The maximum Gasteiger partial charge on any atom is 0.0618 e. The molecule has 1 atom stereocenters. The molecule has 0 amide bonds. The number of methoxy groups -OCH3 is 1. The van der Waals surface area contributed by atoms with E-state index in [4.69, 9.17) is 4.74 Å². The van der Waals surface area contributed by atoms with Gasteiger partial charge >= 0.3 is 0 Å². The van der Waals surface area contributed by atoms with Gasteiger partial charge in [0, 0.05) is 24.4 Å². The van der Waals surface area contributed by atoms with Crippen LogP contribution in [0, 0.1) is 5.92 Å². The number of hydrogen-bond acceptors (Lipinski definition) is 3. The Hall–Kier alpha value is 0.270. The van der Waals surface area contributed by atoms with Crippen LogP contribution in [-0.4, -0.2) is 37.3 Å². The van der Waals surface area contributed by atoms with Gasteiger partial charge in [-0.25, -0.2) is 0 Å². The van der Waals surface area contributed by atoms with Crippen molar-refractivity contribution in [3.05, 3.63) is 0 Å². The first-order chi connectivity index (χ1) is 7.83. The first kappa shape index (κ1) is 12.7. The molecule has 0 radical (unpaired) electrons. The normalized spacial score (nSPS) is 32.6. The molecule has 0 aromatic heterocycles. The Morgan fingerprint density at radius 1 is 1.19 bits per heavy atom. The molecule has 0 aromatic carbocycles. The Labute approximate surface area is 104 Å². The summed E-state index contributed by atoms with van der Waals surface area (Å²) in [5.41, 5.74) is 0. The van der Waals surface area contributed by atoms with Crippen LogP contribution < -0.4 is 5.32 Å². The van der Waals surface area contributed by atoms with E-state index in [0.717, 1.165) is 23.8 Å². The molecule has 3 heteroatoms. The lowest BCUT2D eigenvalue weighted by molar-refractivity contribution is 0.146. The van der Waals surface area contributed by atoms with Gasteiger partial charge in [-0.15, -0.1) is 0 Å². The van der Waals surface area contributed by atoms with E-state index < -0.39 is 0 Å². The van der Waals surface area contributed by atoms with Crippen molar-refractivity contribution in [2.75, 3.05) is 20.0 Å². The van der Waals surface area contributed by atoms with E-state index in [2.05, 4.69) is 11.6 Å². The zero-order chi connectivity index (χ0) is 11.4. The van der Waals surface area contributed by atoms with Crippen molar-refractivity contribution >= 4 is 11.8 Å². The molecule has 2 rings (SSSR count). The van der Waals surface area contributed by atoms with E-state index in [0.29, 0.717) is 6.04 Å². The topological polar surface area (TPSA) is 21.3 Å². The third-order valence-corrected chi connectivity index (χ3v) is 5.13. The summed E-state index contributed by atoms with van der Waals surface area (Å²) in [6.07, 6.45) is 10.6. The zero-order valence-corrected chi connectivity index (χ0v) is 11.4. The SMILES string of the molecule is COCC(NC1CCC(SC)CC1)C1CC1. The molecule has 94 valence electrons. The molecule has 0 spiro atoms. The van der Waals surface area contributed by atoms with Crippen LogP contribution in [0.2, 0.25) is 0 Å². The second-order valence-corrected chi connectivity index (χ2v) is 6.41. The van der Waals surface area contributed by atoms with Gasteiger partial charge in [0.1, 0.15) is 0 Å². The third kappa shape index (κ3) is 3.64. The first-order valence-corrected chi connectivity index (χ1v) is 7.90. The molecule has 2 aliphatic carbocycles. The van der Waals surface area contributed by atoms with Crippen LogP contribution in [0.1, 0.15) is 38.5 Å². The number of nitrogens with one attached hydrogen (secondary N) is 1. The molecule has 1 unspecified atom stereocenters. The summed E-state index contributed by atoms with van der Waals surface area (Å²) < 4.78 is 5.32. The van der Waals surface area contributed by atoms with Gasteiger partial charge in [-0.05, 0) is 50.7 Å². The van der Waals surface area contributed by atoms with Gasteiger partial charge in [0.05, 0.1) is 6.61 Å². The average molecular weight is 243 g/mol. The summed E-state index contributed by atoms with van der Waals surface area (Å²) >= 11 is 2.04. The Bertz CT molecular complexity index is 200. The minimum Gasteiger partial charge on any atom is -0.383 e. The predicted octanol–water partition coefficient (Wildman–Crippen LogP) is 2.68. The summed E-state index contributed by atoms with van der Waals surface area (Å²) in [6.45, 7) is 0.896. The van der Waals surface area contributed by atoms with E-state index in [1.807, 2.05) is 18.9 Å². The number of ether oxygens (including phenoxy) is 1. The van der Waals surface area contributed by atoms with Gasteiger partial charge in [0.25, 0.3) is 0 Å². The molecule has 0 heterocycles. The summed E-state index contributed by atoms with van der Waals surface area (Å²) in [5.74, 6) is 0.901. The highest BCUT2D eigenvalue weighted by molar-refractivity contribution is 7.99. The van der Waals surface area contributed by atoms with Crippen molar-refractivity contribution in [2.24, 2.45) is 5.92 Å². The minimum absolute atomic E-state index is 0.626. The first-order valence-electron chi connectivity index (χ1n) is 6.61. The van der Waals surface area contributed by atoms with Crippen molar-refractivity contribution < 1.29 is 4.74 Å². The van der Waals surface area contributed by atoms with Gasteiger partial charge < -0.3 is 10.1 Å². The second kappa shape index (κ2) is 6.27. The predicted molar refractivity (Wildman–Crippen MR) is 71.1 cm³/mol. The lowest BCUT2D eigenvalue weighted by Gasteiger charge is -2.31. The lowest BCUT2D eigenvalue weighted by Crippen LogP contribution is -2.44. The van der Waals surface area contributed by atoms with Crippen molar-refractivity contribution in [3.8, 4) is 0 Å². The minimum atomic E-state index is 0.626. The van der Waals surface area contributed by atoms with Gasteiger partial charge in [-0.2, -0.15) is 11.8 Å². The van der Waals surface area contributed by atoms with Crippen molar-refractivity contribution in [1.29, 1.82) is 0 Å². The zero-order valence-electron chi connectivity index (χ0n) is 10.6. The van der Waals surface area contributed by atoms with Gasteiger partial charge in [-0.3, -0.25) is 0 Å². The quantitative estimate of drug-likeness (QED) is 0.775. The molecule has 2 aliphatic rings. The Balaban J connectivity index is 1.71. The van der Waals surface area contributed by atoms with E-state index in [-0.39, 0.29) is 0 Å². The second-order valence-electron chi connectivity index (χ2n) is 5.28. The maximum absolute atomic E-state index is 5.32. The fourth-order valence-corrected chi connectivity index (χ4v) is 3.51. The number of hydrogen-bond donors (Lipinski definition) is 1. The van der Waals surface area contributed by atoms with Crippen molar-refractivity contribution in [1.82, 2.24) is 5.32 Å². The largest absolute Gasteiger partial charge is 0.383 e. The highest BCUT2D eigenvalue weighted by Crippen LogP contribution is 2.34. The highest BCUT2D eigenvalue weighted by Gasteiger charge is 2.33. The van der Waals surface area contributed by atoms with Crippen LogP contribution in [0.5, 0.6) is 0 Å². The molecule has 0 saturated heterocycles. The van der Waals surface area contributed by atoms with Crippen LogP contribution in [0.4, 0.5) is 0 Å². The van der Waals surface area contributed by atoms with Crippen LogP contribution in [0.15, 0.2) is 0 Å². The van der Waals surface area contributed by atoms with Crippen molar-refractivity contribution in [2.45, 2.75) is 55.9 Å². The van der Waals surface area contributed by atoms with E-state index in [9.17, 15) is 0 Å².